The largest absolute Gasteiger partial charge is 0.488 e. The number of carbonyl (C=O) groups excluding carboxylic acids is 1. The fourth-order valence-corrected chi connectivity index (χ4v) is 3.11. The lowest BCUT2D eigenvalue weighted by atomic mass is 9.98. The number of carbonyl (C=O) groups is 1. The van der Waals surface area contributed by atoms with Crippen LogP contribution in [0.1, 0.15) is 24.0 Å². The second-order valence-corrected chi connectivity index (χ2v) is 5.83. The Balaban J connectivity index is 1.55. The molecule has 1 unspecified atom stereocenters. The van der Waals surface area contributed by atoms with E-state index < -0.39 is 0 Å². The maximum atomic E-state index is 10.7. The standard InChI is InChI=1S/C16H21NO2/c1-12-2-3-16-14(8-12)9-15(19-16)10-17-6-4-13(11-18)5-7-17/h2-3,8,11,13,15H,4-7,9-10H2,1H3. The molecule has 1 fully saturated rings. The SMILES string of the molecule is Cc1ccc2c(c1)CC(CN1CCC(C=O)CC1)O2. The van der Waals surface area contributed by atoms with Crippen molar-refractivity contribution in [3.8, 4) is 5.75 Å². The van der Waals surface area contributed by atoms with E-state index in [2.05, 4.69) is 30.0 Å². The lowest BCUT2D eigenvalue weighted by Gasteiger charge is -2.31. The monoisotopic (exact) mass is 259 g/mol. The minimum Gasteiger partial charge on any atom is -0.488 e. The maximum absolute atomic E-state index is 10.7. The Hall–Kier alpha value is -1.35. The molecule has 19 heavy (non-hydrogen) atoms. The highest BCUT2D eigenvalue weighted by Gasteiger charge is 2.27. The summed E-state index contributed by atoms with van der Waals surface area (Å²) in [4.78, 5) is 13.2. The van der Waals surface area contributed by atoms with Gasteiger partial charge in [0.05, 0.1) is 0 Å². The summed E-state index contributed by atoms with van der Waals surface area (Å²) in [5.74, 6) is 1.33. The molecule has 0 spiro atoms. The minimum atomic E-state index is 0.278. The number of fused-ring (bicyclic) bond motifs is 1. The number of nitrogens with zero attached hydrogens (tertiary/aromatic N) is 1. The Morgan fingerprint density at radius 2 is 2.16 bits per heavy atom. The molecule has 2 aliphatic rings. The summed E-state index contributed by atoms with van der Waals surface area (Å²) in [5.41, 5.74) is 2.64. The summed E-state index contributed by atoms with van der Waals surface area (Å²) in [5, 5.41) is 0. The van der Waals surface area contributed by atoms with Crippen LogP contribution in [0.15, 0.2) is 18.2 Å². The first-order valence-electron chi connectivity index (χ1n) is 7.18. The quantitative estimate of drug-likeness (QED) is 0.779. The normalized spacial score (nSPS) is 23.9. The number of hydrogen-bond acceptors (Lipinski definition) is 3. The van der Waals surface area contributed by atoms with Gasteiger partial charge in [-0.1, -0.05) is 17.7 Å². The first-order valence-corrected chi connectivity index (χ1v) is 7.18. The lowest BCUT2D eigenvalue weighted by molar-refractivity contribution is -0.112. The maximum Gasteiger partial charge on any atom is 0.123 e. The van der Waals surface area contributed by atoms with Gasteiger partial charge in [-0.2, -0.15) is 0 Å². The van der Waals surface area contributed by atoms with Crippen LogP contribution in [0.2, 0.25) is 0 Å². The molecule has 102 valence electrons. The van der Waals surface area contributed by atoms with Gasteiger partial charge in [0.25, 0.3) is 0 Å². The molecule has 2 aliphatic heterocycles. The van der Waals surface area contributed by atoms with Gasteiger partial charge in [0.1, 0.15) is 18.1 Å². The van der Waals surface area contributed by atoms with Crippen molar-refractivity contribution in [1.29, 1.82) is 0 Å². The Bertz CT molecular complexity index is 464. The lowest BCUT2D eigenvalue weighted by Crippen LogP contribution is -2.40. The van der Waals surface area contributed by atoms with Crippen molar-refractivity contribution in [1.82, 2.24) is 4.90 Å². The van der Waals surface area contributed by atoms with E-state index >= 15 is 0 Å². The number of aryl methyl sites for hydroxylation is 1. The third kappa shape index (κ3) is 2.81. The topological polar surface area (TPSA) is 29.5 Å². The second kappa shape index (κ2) is 5.33. The van der Waals surface area contributed by atoms with Crippen LogP contribution in [0.25, 0.3) is 0 Å². The third-order valence-corrected chi connectivity index (χ3v) is 4.24. The van der Waals surface area contributed by atoms with Gasteiger partial charge >= 0.3 is 0 Å². The van der Waals surface area contributed by atoms with Crippen molar-refractivity contribution in [2.45, 2.75) is 32.3 Å². The van der Waals surface area contributed by atoms with Gasteiger partial charge in [-0.15, -0.1) is 0 Å². The van der Waals surface area contributed by atoms with Crippen molar-refractivity contribution in [3.63, 3.8) is 0 Å². The second-order valence-electron chi connectivity index (χ2n) is 5.83. The highest BCUT2D eigenvalue weighted by molar-refractivity contribution is 5.53. The van der Waals surface area contributed by atoms with Crippen molar-refractivity contribution >= 4 is 6.29 Å². The van der Waals surface area contributed by atoms with Gasteiger partial charge in [-0.3, -0.25) is 4.90 Å². The van der Waals surface area contributed by atoms with Gasteiger partial charge in [0, 0.05) is 18.9 Å². The number of likely N-dealkylation sites (tertiary alicyclic amines) is 1. The summed E-state index contributed by atoms with van der Waals surface area (Å²) in [6.07, 6.45) is 4.42. The molecule has 3 nitrogen and oxygen atoms in total. The van der Waals surface area contributed by atoms with E-state index in [4.69, 9.17) is 4.74 Å². The Morgan fingerprint density at radius 3 is 2.89 bits per heavy atom. The molecular weight excluding hydrogens is 238 g/mol. The first-order chi connectivity index (χ1) is 9.24. The van der Waals surface area contributed by atoms with Crippen molar-refractivity contribution < 1.29 is 9.53 Å². The van der Waals surface area contributed by atoms with E-state index in [-0.39, 0.29) is 12.0 Å². The number of hydrogen-bond donors (Lipinski definition) is 0. The number of rotatable bonds is 3. The Kier molecular flexibility index (Phi) is 3.56. The molecule has 0 radical (unpaired) electrons. The van der Waals surface area contributed by atoms with Gasteiger partial charge in [-0.05, 0) is 44.5 Å². The predicted octanol–water partition coefficient (Wildman–Crippen LogP) is 2.21. The van der Waals surface area contributed by atoms with E-state index in [1.165, 1.54) is 11.1 Å². The summed E-state index contributed by atoms with van der Waals surface area (Å²) < 4.78 is 6.01. The summed E-state index contributed by atoms with van der Waals surface area (Å²) >= 11 is 0. The summed E-state index contributed by atoms with van der Waals surface area (Å²) in [6, 6.07) is 6.42. The van der Waals surface area contributed by atoms with E-state index in [0.29, 0.717) is 0 Å². The molecule has 0 N–H and O–H groups in total. The van der Waals surface area contributed by atoms with E-state index in [1.54, 1.807) is 0 Å². The predicted molar refractivity (Wildman–Crippen MR) is 74.5 cm³/mol. The number of benzene rings is 1. The van der Waals surface area contributed by atoms with Crippen LogP contribution in [-0.2, 0) is 11.2 Å². The molecule has 0 amide bonds. The minimum absolute atomic E-state index is 0.278. The molecule has 1 aromatic carbocycles. The smallest absolute Gasteiger partial charge is 0.123 e. The molecule has 3 rings (SSSR count). The third-order valence-electron chi connectivity index (χ3n) is 4.24. The molecule has 3 heteroatoms. The fourth-order valence-electron chi connectivity index (χ4n) is 3.11. The van der Waals surface area contributed by atoms with Gasteiger partial charge in [-0.25, -0.2) is 0 Å². The molecular formula is C16H21NO2. The van der Waals surface area contributed by atoms with Gasteiger partial charge < -0.3 is 9.53 Å². The van der Waals surface area contributed by atoms with Gasteiger partial charge in [0.2, 0.25) is 0 Å². The molecule has 1 saturated heterocycles. The van der Waals surface area contributed by atoms with Gasteiger partial charge in [0.15, 0.2) is 0 Å². The molecule has 1 aromatic rings. The summed E-state index contributed by atoms with van der Waals surface area (Å²) in [6.45, 7) is 5.16. The molecule has 0 aliphatic carbocycles. The van der Waals surface area contributed by atoms with Crippen LogP contribution in [-0.4, -0.2) is 36.9 Å². The number of piperidine rings is 1. The van der Waals surface area contributed by atoms with Crippen LogP contribution in [0, 0.1) is 12.8 Å². The van der Waals surface area contributed by atoms with Crippen LogP contribution in [0.3, 0.4) is 0 Å². The highest BCUT2D eigenvalue weighted by Crippen LogP contribution is 2.30. The molecule has 0 saturated carbocycles. The molecule has 0 aromatic heterocycles. The molecule has 1 atom stereocenters. The zero-order chi connectivity index (χ0) is 13.2. The van der Waals surface area contributed by atoms with Crippen LogP contribution >= 0.6 is 0 Å². The van der Waals surface area contributed by atoms with E-state index in [0.717, 1.165) is 50.9 Å². The van der Waals surface area contributed by atoms with Crippen LogP contribution < -0.4 is 4.74 Å². The Morgan fingerprint density at radius 1 is 1.37 bits per heavy atom. The fraction of sp³-hybridized carbons (Fsp3) is 0.562. The Labute approximate surface area is 114 Å². The van der Waals surface area contributed by atoms with Crippen molar-refractivity contribution in [3.05, 3.63) is 29.3 Å². The highest BCUT2D eigenvalue weighted by atomic mass is 16.5. The molecule has 2 heterocycles. The average molecular weight is 259 g/mol. The number of aldehydes is 1. The van der Waals surface area contributed by atoms with E-state index in [1.807, 2.05) is 0 Å². The zero-order valence-electron chi connectivity index (χ0n) is 11.5. The van der Waals surface area contributed by atoms with Crippen molar-refractivity contribution in [2.75, 3.05) is 19.6 Å². The summed E-state index contributed by atoms with van der Waals surface area (Å²) in [7, 11) is 0. The first kappa shape index (κ1) is 12.7. The van der Waals surface area contributed by atoms with Crippen molar-refractivity contribution in [2.24, 2.45) is 5.92 Å². The van der Waals surface area contributed by atoms with Crippen LogP contribution in [0.4, 0.5) is 0 Å². The zero-order valence-corrected chi connectivity index (χ0v) is 11.5. The average Bonchev–Trinajstić information content (AvgIpc) is 2.81. The van der Waals surface area contributed by atoms with Crippen LogP contribution in [0.5, 0.6) is 5.75 Å². The number of ether oxygens (including phenoxy) is 1. The van der Waals surface area contributed by atoms with E-state index in [9.17, 15) is 4.79 Å². The molecule has 0 bridgehead atoms.